The molecule has 22 heavy (non-hydrogen) atoms. The highest BCUT2D eigenvalue weighted by atomic mass is 32.1. The van der Waals surface area contributed by atoms with Crippen LogP contribution in [0.2, 0.25) is 0 Å². The molecule has 0 bridgehead atoms. The first kappa shape index (κ1) is 16.4. The van der Waals surface area contributed by atoms with Gasteiger partial charge in [0.1, 0.15) is 6.04 Å². The number of hydrogen-bond acceptors (Lipinski definition) is 5. The molecule has 1 aromatic heterocycles. The van der Waals surface area contributed by atoms with Gasteiger partial charge >= 0.3 is 0 Å². The van der Waals surface area contributed by atoms with E-state index < -0.39 is 6.04 Å². The summed E-state index contributed by atoms with van der Waals surface area (Å²) in [6.45, 7) is 7.92. The highest BCUT2D eigenvalue weighted by molar-refractivity contribution is 7.22. The molecule has 0 fully saturated rings. The zero-order valence-corrected chi connectivity index (χ0v) is 14.2. The number of para-hydroxylation sites is 1. The molecule has 0 saturated heterocycles. The van der Waals surface area contributed by atoms with Crippen molar-refractivity contribution in [2.45, 2.75) is 40.2 Å². The van der Waals surface area contributed by atoms with Gasteiger partial charge in [-0.05, 0) is 38.3 Å². The molecule has 2 aromatic rings. The van der Waals surface area contributed by atoms with Gasteiger partial charge in [-0.25, -0.2) is 10.4 Å². The molecule has 0 unspecified atom stereocenters. The van der Waals surface area contributed by atoms with Gasteiger partial charge in [-0.1, -0.05) is 37.3 Å². The number of hydrogen-bond donors (Lipinski definition) is 2. The average Bonchev–Trinajstić information content (AvgIpc) is 2.93. The first-order chi connectivity index (χ1) is 10.5. The Morgan fingerprint density at radius 3 is 2.77 bits per heavy atom. The van der Waals surface area contributed by atoms with E-state index in [1.54, 1.807) is 6.92 Å². The number of nitrogens with zero attached hydrogens (tertiary/aromatic N) is 2. The molecule has 0 aliphatic carbocycles. The van der Waals surface area contributed by atoms with Crippen LogP contribution in [-0.2, 0) is 4.79 Å². The lowest BCUT2D eigenvalue weighted by atomic mass is 10.1. The summed E-state index contributed by atoms with van der Waals surface area (Å²) in [6.07, 6.45) is 1.00. The van der Waals surface area contributed by atoms with E-state index in [0.717, 1.165) is 27.5 Å². The third kappa shape index (κ3) is 4.04. The number of hydrazone groups is 1. The van der Waals surface area contributed by atoms with Gasteiger partial charge in [0.15, 0.2) is 5.13 Å². The SMILES string of the molecule is CC[C@H](C)/C(C)=N\NC(=O)[C@H](C)Nc1nc2ccccc2s1. The Balaban J connectivity index is 1.96. The third-order valence-corrected chi connectivity index (χ3v) is 4.66. The molecular formula is C16H22N4OS. The molecule has 6 heteroatoms. The number of aromatic nitrogens is 1. The van der Waals surface area contributed by atoms with Crippen LogP contribution in [0.3, 0.4) is 0 Å². The van der Waals surface area contributed by atoms with Crippen molar-refractivity contribution in [3.8, 4) is 0 Å². The van der Waals surface area contributed by atoms with Crippen LogP contribution in [0.25, 0.3) is 10.2 Å². The van der Waals surface area contributed by atoms with Crippen molar-refractivity contribution in [1.29, 1.82) is 0 Å². The Bertz CT molecular complexity index is 647. The van der Waals surface area contributed by atoms with E-state index in [0.29, 0.717) is 5.92 Å². The summed E-state index contributed by atoms with van der Waals surface area (Å²) < 4.78 is 1.10. The van der Waals surface area contributed by atoms with Crippen molar-refractivity contribution in [1.82, 2.24) is 10.4 Å². The van der Waals surface area contributed by atoms with Crippen LogP contribution in [0.15, 0.2) is 29.4 Å². The van der Waals surface area contributed by atoms with Gasteiger partial charge in [0.05, 0.1) is 10.2 Å². The second-order valence-electron chi connectivity index (χ2n) is 5.39. The quantitative estimate of drug-likeness (QED) is 0.631. The standard InChI is InChI=1S/C16H22N4OS/c1-5-10(2)11(3)19-20-15(21)12(4)17-16-18-13-8-6-7-9-14(13)22-16/h6-10,12H,5H2,1-4H3,(H,17,18)(H,20,21)/b19-11-/t10-,12-/m0/s1. The van der Waals surface area contributed by atoms with Crippen molar-refractivity contribution in [2.24, 2.45) is 11.0 Å². The molecule has 0 spiro atoms. The Morgan fingerprint density at radius 2 is 2.09 bits per heavy atom. The van der Waals surface area contributed by atoms with Crippen molar-refractivity contribution < 1.29 is 4.79 Å². The lowest BCUT2D eigenvalue weighted by Gasteiger charge is -2.12. The maximum atomic E-state index is 12.1. The number of benzene rings is 1. The number of carbonyl (C=O) groups is 1. The van der Waals surface area contributed by atoms with Gasteiger partial charge in [0.2, 0.25) is 0 Å². The highest BCUT2D eigenvalue weighted by Gasteiger charge is 2.14. The van der Waals surface area contributed by atoms with E-state index >= 15 is 0 Å². The first-order valence-corrected chi connectivity index (χ1v) is 8.29. The zero-order chi connectivity index (χ0) is 16.1. The van der Waals surface area contributed by atoms with E-state index in [2.05, 4.69) is 34.7 Å². The van der Waals surface area contributed by atoms with Crippen molar-refractivity contribution in [3.63, 3.8) is 0 Å². The summed E-state index contributed by atoms with van der Waals surface area (Å²) in [6, 6.07) is 7.51. The van der Waals surface area contributed by atoms with Crippen molar-refractivity contribution in [3.05, 3.63) is 24.3 Å². The van der Waals surface area contributed by atoms with E-state index in [1.807, 2.05) is 31.2 Å². The number of rotatable bonds is 6. The van der Waals surface area contributed by atoms with E-state index in [1.165, 1.54) is 11.3 Å². The van der Waals surface area contributed by atoms with Crippen molar-refractivity contribution in [2.75, 3.05) is 5.32 Å². The Labute approximate surface area is 134 Å². The third-order valence-electron chi connectivity index (χ3n) is 3.70. The van der Waals surface area contributed by atoms with Gasteiger partial charge in [-0.2, -0.15) is 5.10 Å². The van der Waals surface area contributed by atoms with Gasteiger partial charge in [-0.3, -0.25) is 4.79 Å². The van der Waals surface area contributed by atoms with Crippen LogP contribution in [0, 0.1) is 5.92 Å². The number of nitrogens with one attached hydrogen (secondary N) is 2. The molecular weight excluding hydrogens is 296 g/mol. The molecule has 2 atom stereocenters. The van der Waals surface area contributed by atoms with E-state index in [-0.39, 0.29) is 5.91 Å². The number of anilines is 1. The van der Waals surface area contributed by atoms with Crippen LogP contribution in [-0.4, -0.2) is 22.6 Å². The topological polar surface area (TPSA) is 66.4 Å². The first-order valence-electron chi connectivity index (χ1n) is 7.47. The molecule has 0 saturated carbocycles. The van der Waals surface area contributed by atoms with Crippen LogP contribution >= 0.6 is 11.3 Å². The summed E-state index contributed by atoms with van der Waals surface area (Å²) >= 11 is 1.54. The fourth-order valence-electron chi connectivity index (χ4n) is 1.83. The maximum Gasteiger partial charge on any atom is 0.262 e. The zero-order valence-electron chi connectivity index (χ0n) is 13.4. The number of fused-ring (bicyclic) bond motifs is 1. The summed E-state index contributed by atoms with van der Waals surface area (Å²) in [4.78, 5) is 16.5. The molecule has 1 aromatic carbocycles. The Morgan fingerprint density at radius 1 is 1.36 bits per heavy atom. The smallest absolute Gasteiger partial charge is 0.262 e. The predicted molar refractivity (Wildman–Crippen MR) is 93.4 cm³/mol. The lowest BCUT2D eigenvalue weighted by molar-refractivity contribution is -0.121. The largest absolute Gasteiger partial charge is 0.350 e. The summed E-state index contributed by atoms with van der Waals surface area (Å²) in [7, 11) is 0. The maximum absolute atomic E-state index is 12.1. The van der Waals surface area contributed by atoms with Gasteiger partial charge in [-0.15, -0.1) is 0 Å². The summed E-state index contributed by atoms with van der Waals surface area (Å²) in [5.41, 5.74) is 4.49. The molecule has 1 amide bonds. The molecule has 5 nitrogen and oxygen atoms in total. The fourth-order valence-corrected chi connectivity index (χ4v) is 2.78. The molecule has 2 N–H and O–H groups in total. The molecule has 0 aliphatic rings. The Hall–Kier alpha value is -1.95. The summed E-state index contributed by atoms with van der Waals surface area (Å²) in [5, 5.41) is 8.03. The number of amides is 1. The number of carbonyl (C=O) groups excluding carboxylic acids is 1. The minimum absolute atomic E-state index is 0.165. The predicted octanol–water partition coefficient (Wildman–Crippen LogP) is 3.63. The minimum atomic E-state index is -0.394. The minimum Gasteiger partial charge on any atom is -0.350 e. The monoisotopic (exact) mass is 318 g/mol. The molecule has 118 valence electrons. The fraction of sp³-hybridized carbons (Fsp3) is 0.438. The van der Waals surface area contributed by atoms with Crippen LogP contribution in [0.1, 0.15) is 34.1 Å². The average molecular weight is 318 g/mol. The van der Waals surface area contributed by atoms with Gasteiger partial charge in [0, 0.05) is 5.71 Å². The Kier molecular flexibility index (Phi) is 5.49. The van der Waals surface area contributed by atoms with Crippen LogP contribution in [0.4, 0.5) is 5.13 Å². The second-order valence-corrected chi connectivity index (χ2v) is 6.42. The molecule has 2 rings (SSSR count). The van der Waals surface area contributed by atoms with E-state index in [9.17, 15) is 4.79 Å². The van der Waals surface area contributed by atoms with Gasteiger partial charge < -0.3 is 5.32 Å². The molecule has 0 aliphatic heterocycles. The molecule has 0 radical (unpaired) electrons. The summed E-state index contributed by atoms with van der Waals surface area (Å²) in [5.74, 6) is 0.203. The van der Waals surface area contributed by atoms with Crippen molar-refractivity contribution >= 4 is 38.3 Å². The normalized spacial score (nSPS) is 14.6. The lowest BCUT2D eigenvalue weighted by Crippen LogP contribution is -2.35. The van der Waals surface area contributed by atoms with Gasteiger partial charge in [0.25, 0.3) is 5.91 Å². The van der Waals surface area contributed by atoms with Crippen LogP contribution < -0.4 is 10.7 Å². The number of thiazole rings is 1. The van der Waals surface area contributed by atoms with Crippen LogP contribution in [0.5, 0.6) is 0 Å². The van der Waals surface area contributed by atoms with E-state index in [4.69, 9.17) is 0 Å². The highest BCUT2D eigenvalue weighted by Crippen LogP contribution is 2.25. The second kappa shape index (κ2) is 7.35. The molecule has 1 heterocycles.